The van der Waals surface area contributed by atoms with Crippen LogP contribution in [0.1, 0.15) is 5.69 Å². The second kappa shape index (κ2) is 8.56. The van der Waals surface area contributed by atoms with Gasteiger partial charge in [0.05, 0.1) is 16.6 Å². The van der Waals surface area contributed by atoms with Crippen molar-refractivity contribution in [2.24, 2.45) is 0 Å². The van der Waals surface area contributed by atoms with Crippen LogP contribution in [0.4, 0.5) is 0 Å². The average Bonchev–Trinajstić information content (AvgIpc) is 2.57. The molecule has 1 aromatic heterocycles. The third-order valence-corrected chi connectivity index (χ3v) is 3.66. The van der Waals surface area contributed by atoms with Gasteiger partial charge in [0.2, 0.25) is 0 Å². The van der Waals surface area contributed by atoms with Crippen molar-refractivity contribution < 1.29 is 19.1 Å². The normalized spacial score (nSPS) is 10.2. The Morgan fingerprint density at radius 1 is 1.28 bits per heavy atom. The molecular formula is C17H14Cl2N2O4. The summed E-state index contributed by atoms with van der Waals surface area (Å²) < 4.78 is 10.2. The first kappa shape index (κ1) is 18.8. The first-order valence-corrected chi connectivity index (χ1v) is 7.92. The Bertz CT molecular complexity index is 862. The average molecular weight is 381 g/mol. The fourth-order valence-electron chi connectivity index (χ4n) is 1.95. The van der Waals surface area contributed by atoms with Crippen molar-refractivity contribution in [2.75, 3.05) is 19.8 Å². The van der Waals surface area contributed by atoms with Crippen molar-refractivity contribution >= 4 is 46.0 Å². The lowest BCUT2D eigenvalue weighted by atomic mass is 10.2. The predicted octanol–water partition coefficient (Wildman–Crippen LogP) is 2.52. The lowest BCUT2D eigenvalue weighted by Gasteiger charge is -2.12. The molecule has 0 atom stereocenters. The molecule has 2 rings (SSSR count). The molecule has 1 heterocycles. The van der Waals surface area contributed by atoms with Gasteiger partial charge in [-0.2, -0.15) is 0 Å². The van der Waals surface area contributed by atoms with Crippen molar-refractivity contribution in [1.29, 1.82) is 0 Å². The lowest BCUT2D eigenvalue weighted by molar-refractivity contribution is -0.150. The maximum Gasteiger partial charge on any atom is 0.344 e. The van der Waals surface area contributed by atoms with Crippen molar-refractivity contribution in [3.05, 3.63) is 33.9 Å². The zero-order chi connectivity index (χ0) is 18.4. The Balaban J connectivity index is 2.06. The van der Waals surface area contributed by atoms with E-state index >= 15 is 0 Å². The van der Waals surface area contributed by atoms with Crippen LogP contribution in [0.3, 0.4) is 0 Å². The van der Waals surface area contributed by atoms with E-state index in [2.05, 4.69) is 16.2 Å². The number of hydrogen-bond donors (Lipinski definition) is 1. The second-order valence-electron chi connectivity index (χ2n) is 4.95. The number of carbonyl (C=O) groups excluding carboxylic acids is 2. The van der Waals surface area contributed by atoms with Gasteiger partial charge in [-0.05, 0) is 25.1 Å². The Morgan fingerprint density at radius 3 is 2.76 bits per heavy atom. The monoisotopic (exact) mass is 380 g/mol. The molecule has 25 heavy (non-hydrogen) atoms. The number of benzene rings is 1. The summed E-state index contributed by atoms with van der Waals surface area (Å²) in [4.78, 5) is 27.4. The summed E-state index contributed by atoms with van der Waals surface area (Å²) in [5.41, 5.74) is 1.18. The molecule has 0 aliphatic carbocycles. The molecule has 2 aromatic rings. The van der Waals surface area contributed by atoms with E-state index in [1.54, 1.807) is 19.1 Å². The van der Waals surface area contributed by atoms with Gasteiger partial charge in [-0.25, -0.2) is 9.78 Å². The lowest BCUT2D eigenvalue weighted by Crippen LogP contribution is -2.30. The minimum absolute atomic E-state index is 0.0598. The maximum absolute atomic E-state index is 11.7. The first-order valence-electron chi connectivity index (χ1n) is 7.16. The predicted molar refractivity (Wildman–Crippen MR) is 94.8 cm³/mol. The van der Waals surface area contributed by atoms with Gasteiger partial charge in [-0.1, -0.05) is 29.1 Å². The van der Waals surface area contributed by atoms with E-state index in [1.165, 1.54) is 6.07 Å². The zero-order valence-corrected chi connectivity index (χ0v) is 14.8. The Hall–Kier alpha value is -2.49. The summed E-state index contributed by atoms with van der Waals surface area (Å²) in [7, 11) is 0. The van der Waals surface area contributed by atoms with Crippen LogP contribution in [0.25, 0.3) is 10.9 Å². The van der Waals surface area contributed by atoms with Crippen molar-refractivity contribution in [3.63, 3.8) is 0 Å². The molecule has 0 fully saturated rings. The maximum atomic E-state index is 11.7. The molecule has 1 amide bonds. The SMILES string of the molecule is C#CCNC(=O)COC(=O)COc1c(Cl)cc(Cl)c2ccc(C)nc12. The zero-order valence-electron chi connectivity index (χ0n) is 13.3. The molecule has 1 aromatic carbocycles. The molecule has 0 saturated heterocycles. The van der Waals surface area contributed by atoms with E-state index < -0.39 is 25.1 Å². The Labute approximate surface area is 154 Å². The number of rotatable bonds is 6. The highest BCUT2D eigenvalue weighted by Crippen LogP contribution is 2.37. The quantitative estimate of drug-likeness (QED) is 0.615. The summed E-state index contributed by atoms with van der Waals surface area (Å²) in [5, 5.41) is 3.66. The molecule has 0 saturated carbocycles. The van der Waals surface area contributed by atoms with Crippen molar-refractivity contribution in [2.45, 2.75) is 6.92 Å². The van der Waals surface area contributed by atoms with Crippen LogP contribution in [0.2, 0.25) is 10.0 Å². The summed E-state index contributed by atoms with van der Waals surface area (Å²) in [6.07, 6.45) is 5.01. The van der Waals surface area contributed by atoms with E-state index in [0.29, 0.717) is 15.9 Å². The van der Waals surface area contributed by atoms with Crippen LogP contribution in [0.15, 0.2) is 18.2 Å². The van der Waals surface area contributed by atoms with Gasteiger partial charge in [0, 0.05) is 11.1 Å². The fraction of sp³-hybridized carbons (Fsp3) is 0.235. The molecule has 130 valence electrons. The van der Waals surface area contributed by atoms with Crippen LogP contribution in [0, 0.1) is 19.3 Å². The van der Waals surface area contributed by atoms with E-state index in [4.69, 9.17) is 39.1 Å². The summed E-state index contributed by atoms with van der Waals surface area (Å²) in [6, 6.07) is 5.10. The highest BCUT2D eigenvalue weighted by molar-refractivity contribution is 6.39. The van der Waals surface area contributed by atoms with Crippen molar-refractivity contribution in [1.82, 2.24) is 10.3 Å². The van der Waals surface area contributed by atoms with E-state index in [0.717, 1.165) is 5.69 Å². The molecule has 8 heteroatoms. The molecular weight excluding hydrogens is 367 g/mol. The molecule has 0 aliphatic heterocycles. The third kappa shape index (κ3) is 4.99. The Morgan fingerprint density at radius 2 is 2.04 bits per heavy atom. The van der Waals surface area contributed by atoms with E-state index in [-0.39, 0.29) is 17.3 Å². The van der Waals surface area contributed by atoms with Gasteiger partial charge in [-0.3, -0.25) is 4.79 Å². The number of amides is 1. The highest BCUT2D eigenvalue weighted by Gasteiger charge is 2.15. The molecule has 0 aliphatic rings. The van der Waals surface area contributed by atoms with Crippen molar-refractivity contribution in [3.8, 4) is 18.1 Å². The standard InChI is InChI=1S/C17H14Cl2N2O4/c1-3-6-20-14(22)8-24-15(23)9-25-17-13(19)7-12(18)11-5-4-10(2)21-16(11)17/h1,4-5,7H,6,8-9H2,2H3,(H,20,22). The summed E-state index contributed by atoms with van der Waals surface area (Å²) in [5.74, 6) is 1.22. The molecule has 6 nitrogen and oxygen atoms in total. The summed E-state index contributed by atoms with van der Waals surface area (Å²) in [6.45, 7) is 0.982. The second-order valence-corrected chi connectivity index (χ2v) is 5.76. The van der Waals surface area contributed by atoms with Crippen LogP contribution < -0.4 is 10.1 Å². The number of aromatic nitrogens is 1. The van der Waals surface area contributed by atoms with Gasteiger partial charge >= 0.3 is 5.97 Å². The fourth-order valence-corrected chi connectivity index (χ4v) is 2.52. The number of fused-ring (bicyclic) bond motifs is 1. The molecule has 0 radical (unpaired) electrons. The molecule has 1 N–H and O–H groups in total. The number of pyridine rings is 1. The molecule has 0 bridgehead atoms. The Kier molecular flexibility index (Phi) is 6.45. The minimum atomic E-state index is -0.734. The number of nitrogens with one attached hydrogen (secondary N) is 1. The van der Waals surface area contributed by atoms with Gasteiger partial charge in [-0.15, -0.1) is 6.42 Å². The van der Waals surface area contributed by atoms with E-state index in [1.807, 2.05) is 0 Å². The highest BCUT2D eigenvalue weighted by atomic mass is 35.5. The smallest absolute Gasteiger partial charge is 0.344 e. The minimum Gasteiger partial charge on any atom is -0.478 e. The number of terminal acetylenes is 1. The van der Waals surface area contributed by atoms with Crippen LogP contribution >= 0.6 is 23.2 Å². The number of ether oxygens (including phenoxy) is 2. The topological polar surface area (TPSA) is 77.5 Å². The van der Waals surface area contributed by atoms with Crippen LogP contribution in [-0.2, 0) is 14.3 Å². The largest absolute Gasteiger partial charge is 0.478 e. The number of carbonyl (C=O) groups is 2. The van der Waals surface area contributed by atoms with E-state index in [9.17, 15) is 9.59 Å². The third-order valence-electron chi connectivity index (χ3n) is 3.06. The van der Waals surface area contributed by atoms with Gasteiger partial charge in [0.15, 0.2) is 19.0 Å². The molecule has 0 unspecified atom stereocenters. The van der Waals surface area contributed by atoms with Gasteiger partial charge < -0.3 is 14.8 Å². The summed E-state index contributed by atoms with van der Waals surface area (Å²) >= 11 is 12.3. The van der Waals surface area contributed by atoms with Crippen LogP contribution in [0.5, 0.6) is 5.75 Å². The van der Waals surface area contributed by atoms with Crippen LogP contribution in [-0.4, -0.2) is 36.6 Å². The van der Waals surface area contributed by atoms with Gasteiger partial charge in [0.1, 0.15) is 5.52 Å². The number of nitrogens with zero attached hydrogens (tertiary/aromatic N) is 1. The number of esters is 1. The molecule has 0 spiro atoms. The number of halogens is 2. The number of aryl methyl sites for hydroxylation is 1. The van der Waals surface area contributed by atoms with Gasteiger partial charge in [0.25, 0.3) is 5.91 Å². The number of hydrogen-bond acceptors (Lipinski definition) is 5. The first-order chi connectivity index (χ1) is 11.9.